The molecule has 1 aliphatic rings. The number of nitrogens with two attached hydrogens (primary N) is 1. The molecule has 0 spiro atoms. The number of imidazole rings is 1. The van der Waals surface area contributed by atoms with Gasteiger partial charge in [0.15, 0.2) is 11.5 Å². The van der Waals surface area contributed by atoms with Gasteiger partial charge in [0.2, 0.25) is 5.88 Å². The van der Waals surface area contributed by atoms with Crippen LogP contribution in [0.15, 0.2) is 47.3 Å². The maximum absolute atomic E-state index is 12.4. The molecule has 9 nitrogen and oxygen atoms in total. The number of nitrogens with zero attached hydrogens (tertiary/aromatic N) is 4. The number of aromatic amines is 1. The molecule has 4 N–H and O–H groups in total. The molecule has 0 unspecified atom stereocenters. The number of pyridine rings is 1. The Hall–Kier alpha value is -3.72. The zero-order valence-electron chi connectivity index (χ0n) is 17.8. The number of fused-ring (bicyclic) bond motifs is 1. The minimum atomic E-state index is -0.275. The van der Waals surface area contributed by atoms with E-state index < -0.39 is 0 Å². The summed E-state index contributed by atoms with van der Waals surface area (Å²) in [4.78, 5) is 28.2. The van der Waals surface area contributed by atoms with E-state index in [1.165, 1.54) is 19.3 Å². The zero-order valence-corrected chi connectivity index (χ0v) is 17.8. The highest BCUT2D eigenvalue weighted by Gasteiger charge is 2.16. The van der Waals surface area contributed by atoms with Gasteiger partial charge < -0.3 is 20.8 Å². The van der Waals surface area contributed by atoms with Crippen molar-refractivity contribution in [2.45, 2.75) is 45.3 Å². The Morgan fingerprint density at radius 1 is 1.16 bits per heavy atom. The summed E-state index contributed by atoms with van der Waals surface area (Å²) in [6.07, 6.45) is 3.79. The molecule has 0 radical (unpaired) electrons. The summed E-state index contributed by atoms with van der Waals surface area (Å²) in [6.45, 7) is 2.85. The average molecular weight is 432 g/mol. The van der Waals surface area contributed by atoms with Gasteiger partial charge in [-0.2, -0.15) is 0 Å². The van der Waals surface area contributed by atoms with Crippen LogP contribution in [0, 0.1) is 6.92 Å². The van der Waals surface area contributed by atoms with Gasteiger partial charge >= 0.3 is 5.69 Å². The molecule has 0 bridgehead atoms. The quantitative estimate of drug-likeness (QED) is 0.411. The second-order valence-electron chi connectivity index (χ2n) is 8.09. The lowest BCUT2D eigenvalue weighted by atomic mass is 9.93. The van der Waals surface area contributed by atoms with E-state index in [1.54, 1.807) is 11.5 Å². The third-order valence-electron chi connectivity index (χ3n) is 5.71. The molecular weight excluding hydrogens is 406 g/mol. The van der Waals surface area contributed by atoms with Crippen LogP contribution in [-0.4, -0.2) is 30.5 Å². The molecule has 0 saturated heterocycles. The molecule has 0 amide bonds. The summed E-state index contributed by atoms with van der Waals surface area (Å²) < 4.78 is 7.48. The number of benzene rings is 1. The number of aromatic nitrogens is 5. The maximum Gasteiger partial charge on any atom is 0.328 e. The fraction of sp³-hybridized carbons (Fsp3) is 0.304. The van der Waals surface area contributed by atoms with Crippen molar-refractivity contribution in [3.63, 3.8) is 0 Å². The van der Waals surface area contributed by atoms with Gasteiger partial charge in [-0.05, 0) is 43.5 Å². The molecule has 3 aromatic heterocycles. The Morgan fingerprint density at radius 2 is 1.97 bits per heavy atom. The molecule has 1 fully saturated rings. The molecule has 4 aromatic rings. The van der Waals surface area contributed by atoms with Crippen LogP contribution in [0.5, 0.6) is 11.6 Å². The van der Waals surface area contributed by atoms with Crippen molar-refractivity contribution in [1.82, 2.24) is 29.8 Å². The molecule has 9 heteroatoms. The molecule has 164 valence electrons. The summed E-state index contributed by atoms with van der Waals surface area (Å²) in [5.74, 6) is 2.02. The van der Waals surface area contributed by atoms with Gasteiger partial charge in [0.25, 0.3) is 0 Å². The first kappa shape index (κ1) is 20.2. The van der Waals surface area contributed by atoms with Crippen molar-refractivity contribution in [3.05, 3.63) is 70.0 Å². The number of ether oxygens (including phenoxy) is 1. The zero-order chi connectivity index (χ0) is 22.1. The Bertz CT molecular complexity index is 1310. The van der Waals surface area contributed by atoms with Gasteiger partial charge in [-0.3, -0.25) is 4.57 Å². The number of rotatable bonds is 7. The number of nitrogen functional groups attached to an aromatic ring is 1. The van der Waals surface area contributed by atoms with Crippen LogP contribution in [-0.2, 0) is 13.1 Å². The predicted molar refractivity (Wildman–Crippen MR) is 122 cm³/mol. The van der Waals surface area contributed by atoms with E-state index in [2.05, 4.69) is 25.3 Å². The van der Waals surface area contributed by atoms with E-state index in [4.69, 9.17) is 10.5 Å². The summed E-state index contributed by atoms with van der Waals surface area (Å²) in [7, 11) is 0. The highest BCUT2D eigenvalue weighted by molar-refractivity contribution is 5.81. The predicted octanol–water partition coefficient (Wildman–Crippen LogP) is 2.89. The minimum Gasteiger partial charge on any atom is -0.439 e. The Labute approximate surface area is 184 Å². The normalized spacial score (nSPS) is 13.9. The van der Waals surface area contributed by atoms with Crippen molar-refractivity contribution >= 4 is 17.0 Å². The molecule has 1 aliphatic carbocycles. The first-order valence-corrected chi connectivity index (χ1v) is 10.7. The van der Waals surface area contributed by atoms with Crippen LogP contribution >= 0.6 is 0 Å². The summed E-state index contributed by atoms with van der Waals surface area (Å²) >= 11 is 0. The third-order valence-corrected chi connectivity index (χ3v) is 5.71. The molecule has 0 aliphatic heterocycles. The topological polar surface area (TPSA) is 124 Å². The fourth-order valence-electron chi connectivity index (χ4n) is 3.75. The van der Waals surface area contributed by atoms with E-state index in [-0.39, 0.29) is 11.5 Å². The molecule has 5 rings (SSSR count). The molecule has 3 heterocycles. The van der Waals surface area contributed by atoms with Crippen molar-refractivity contribution in [2.24, 2.45) is 0 Å². The summed E-state index contributed by atoms with van der Waals surface area (Å²) in [6, 6.07) is 14.0. The van der Waals surface area contributed by atoms with Crippen LogP contribution in [0.25, 0.3) is 11.2 Å². The second-order valence-corrected chi connectivity index (χ2v) is 8.09. The van der Waals surface area contributed by atoms with Crippen molar-refractivity contribution < 1.29 is 4.74 Å². The van der Waals surface area contributed by atoms with Gasteiger partial charge in [0.1, 0.15) is 17.1 Å². The van der Waals surface area contributed by atoms with Gasteiger partial charge in [0, 0.05) is 18.7 Å². The minimum absolute atomic E-state index is 0.268. The SMILES string of the molecule is Cc1nc(N)c2[nH]c(=O)n(Cc3ccc(Oc4cccc(CNC5CCC5)n4)cc3)c2n1. The number of hydrogen-bond acceptors (Lipinski definition) is 7. The van der Waals surface area contributed by atoms with E-state index >= 15 is 0 Å². The summed E-state index contributed by atoms with van der Waals surface area (Å²) in [5.41, 5.74) is 8.49. The Balaban J connectivity index is 1.28. The molecule has 0 atom stereocenters. The standard InChI is InChI=1S/C23H25N7O2/c1-14-26-21(24)20-22(27-14)30(23(31)29-20)13-15-8-10-18(11-9-15)32-19-7-3-6-17(28-19)12-25-16-4-2-5-16/h3,6-11,16,25H,2,4-5,12-13H2,1H3,(H,29,31)(H2,24,26,27). The monoisotopic (exact) mass is 431 g/mol. The molecular formula is C23H25N7O2. The number of hydrogen-bond donors (Lipinski definition) is 3. The Morgan fingerprint density at radius 3 is 2.72 bits per heavy atom. The number of anilines is 1. The van der Waals surface area contributed by atoms with Crippen LogP contribution in [0.4, 0.5) is 5.82 Å². The lowest BCUT2D eigenvalue weighted by Crippen LogP contribution is -2.34. The largest absolute Gasteiger partial charge is 0.439 e. The number of H-pyrrole nitrogens is 1. The number of nitrogens with one attached hydrogen (secondary N) is 2. The average Bonchev–Trinajstić information content (AvgIpc) is 3.04. The van der Waals surface area contributed by atoms with Crippen LogP contribution in [0.2, 0.25) is 0 Å². The Kier molecular flexibility index (Phi) is 5.32. The maximum atomic E-state index is 12.4. The van der Waals surface area contributed by atoms with Gasteiger partial charge in [-0.25, -0.2) is 19.7 Å². The lowest BCUT2D eigenvalue weighted by Gasteiger charge is -2.26. The second kappa shape index (κ2) is 8.43. The molecule has 1 aromatic carbocycles. The molecule has 32 heavy (non-hydrogen) atoms. The lowest BCUT2D eigenvalue weighted by molar-refractivity contribution is 0.336. The van der Waals surface area contributed by atoms with Crippen molar-refractivity contribution in [2.75, 3.05) is 5.73 Å². The van der Waals surface area contributed by atoms with E-state index in [0.717, 1.165) is 17.8 Å². The van der Waals surface area contributed by atoms with Gasteiger partial charge in [-0.15, -0.1) is 0 Å². The fourth-order valence-corrected chi connectivity index (χ4v) is 3.75. The van der Waals surface area contributed by atoms with Crippen molar-refractivity contribution in [3.8, 4) is 11.6 Å². The first-order valence-electron chi connectivity index (χ1n) is 10.7. The summed E-state index contributed by atoms with van der Waals surface area (Å²) in [5, 5.41) is 3.51. The van der Waals surface area contributed by atoms with Crippen LogP contribution in [0.1, 0.15) is 36.3 Å². The van der Waals surface area contributed by atoms with Crippen LogP contribution < -0.4 is 21.5 Å². The van der Waals surface area contributed by atoms with Crippen LogP contribution in [0.3, 0.4) is 0 Å². The highest BCUT2D eigenvalue weighted by Crippen LogP contribution is 2.22. The smallest absolute Gasteiger partial charge is 0.328 e. The first-order chi connectivity index (χ1) is 15.5. The molecule has 1 saturated carbocycles. The van der Waals surface area contributed by atoms with E-state index in [1.807, 2.05) is 42.5 Å². The third kappa shape index (κ3) is 4.19. The van der Waals surface area contributed by atoms with E-state index in [9.17, 15) is 4.79 Å². The van der Waals surface area contributed by atoms with Gasteiger partial charge in [0.05, 0.1) is 12.2 Å². The highest BCUT2D eigenvalue weighted by atomic mass is 16.5. The van der Waals surface area contributed by atoms with E-state index in [0.29, 0.717) is 41.2 Å². The number of aryl methyl sites for hydroxylation is 1. The van der Waals surface area contributed by atoms with Gasteiger partial charge in [-0.1, -0.05) is 24.6 Å². The van der Waals surface area contributed by atoms with Crippen molar-refractivity contribution in [1.29, 1.82) is 0 Å².